The molecule has 0 unspecified atom stereocenters. The van der Waals surface area contributed by atoms with E-state index in [1.54, 1.807) is 12.4 Å². The van der Waals surface area contributed by atoms with Crippen molar-refractivity contribution in [3.05, 3.63) is 29.0 Å². The van der Waals surface area contributed by atoms with Gasteiger partial charge in [-0.25, -0.2) is 0 Å². The van der Waals surface area contributed by atoms with E-state index in [0.29, 0.717) is 0 Å². The van der Waals surface area contributed by atoms with E-state index in [1.165, 1.54) is 0 Å². The van der Waals surface area contributed by atoms with Crippen LogP contribution in [0.25, 0.3) is 0 Å². The normalized spacial score (nSPS) is 18.2. The smallest absolute Gasteiger partial charge is 0.0656 e. The quantitative estimate of drug-likeness (QED) is 0.791. The molecule has 1 aliphatic heterocycles. The maximum Gasteiger partial charge on any atom is 0.0656 e. The second-order valence-electron chi connectivity index (χ2n) is 4.15. The number of likely N-dealkylation sites (tertiary alicyclic amines) is 1. The van der Waals surface area contributed by atoms with Gasteiger partial charge in [0.1, 0.15) is 0 Å². The van der Waals surface area contributed by atoms with E-state index in [2.05, 4.69) is 16.0 Å². The molecule has 0 amide bonds. The maximum atomic E-state index is 8.81. The number of nitriles is 1. The molecule has 1 aromatic rings. The van der Waals surface area contributed by atoms with Gasteiger partial charge < -0.3 is 0 Å². The Morgan fingerprint density at radius 1 is 1.50 bits per heavy atom. The first kappa shape index (κ1) is 11.4. The average Bonchev–Trinajstić information content (AvgIpc) is 2.33. The highest BCUT2D eigenvalue weighted by Crippen LogP contribution is 2.21. The summed E-state index contributed by atoms with van der Waals surface area (Å²) in [6.45, 7) is 2.83. The monoisotopic (exact) mass is 235 g/mol. The van der Waals surface area contributed by atoms with Gasteiger partial charge in [-0.05, 0) is 37.6 Å². The fourth-order valence-corrected chi connectivity index (χ4v) is 2.17. The van der Waals surface area contributed by atoms with Crippen molar-refractivity contribution in [1.82, 2.24) is 9.88 Å². The lowest BCUT2D eigenvalue weighted by Crippen LogP contribution is -2.32. The molecular weight excluding hydrogens is 222 g/mol. The molecule has 0 N–H and O–H groups in total. The minimum atomic E-state index is 0.240. The topological polar surface area (TPSA) is 39.9 Å². The fourth-order valence-electron chi connectivity index (χ4n) is 1.99. The van der Waals surface area contributed by atoms with Crippen LogP contribution in [-0.2, 0) is 6.54 Å². The molecule has 0 aromatic carbocycles. The highest BCUT2D eigenvalue weighted by atomic mass is 35.5. The van der Waals surface area contributed by atoms with Crippen molar-refractivity contribution in [2.75, 3.05) is 13.1 Å². The van der Waals surface area contributed by atoms with Gasteiger partial charge >= 0.3 is 0 Å². The molecule has 0 spiro atoms. The Kier molecular flexibility index (Phi) is 3.76. The molecule has 3 nitrogen and oxygen atoms in total. The van der Waals surface area contributed by atoms with E-state index in [-0.39, 0.29) is 5.92 Å². The van der Waals surface area contributed by atoms with E-state index in [0.717, 1.165) is 43.1 Å². The minimum absolute atomic E-state index is 0.240. The third kappa shape index (κ3) is 2.72. The summed E-state index contributed by atoms with van der Waals surface area (Å²) in [5.41, 5.74) is 1.12. The number of nitrogens with zero attached hydrogens (tertiary/aromatic N) is 3. The molecule has 0 bridgehead atoms. The zero-order valence-electron chi connectivity index (χ0n) is 9.06. The first-order valence-corrected chi connectivity index (χ1v) is 5.88. The van der Waals surface area contributed by atoms with E-state index >= 15 is 0 Å². The van der Waals surface area contributed by atoms with Gasteiger partial charge in [0.05, 0.1) is 11.1 Å². The second-order valence-corrected chi connectivity index (χ2v) is 4.55. The molecule has 2 heterocycles. The third-order valence-electron chi connectivity index (χ3n) is 3.02. The standard InChI is InChI=1S/C12H14ClN3/c13-12-8-15-4-1-11(12)9-16-5-2-10(7-14)3-6-16/h1,4,8,10H,2-3,5-6,9H2. The van der Waals surface area contributed by atoms with Crippen molar-refractivity contribution in [3.8, 4) is 6.07 Å². The van der Waals surface area contributed by atoms with Crippen molar-refractivity contribution in [2.45, 2.75) is 19.4 Å². The van der Waals surface area contributed by atoms with Gasteiger partial charge in [-0.15, -0.1) is 0 Å². The first-order chi connectivity index (χ1) is 7.79. The first-order valence-electron chi connectivity index (χ1n) is 5.50. The van der Waals surface area contributed by atoms with Crippen LogP contribution in [0, 0.1) is 17.2 Å². The van der Waals surface area contributed by atoms with Crippen molar-refractivity contribution in [3.63, 3.8) is 0 Å². The van der Waals surface area contributed by atoms with Crippen LogP contribution in [0.15, 0.2) is 18.5 Å². The SMILES string of the molecule is N#CC1CCN(Cc2ccncc2Cl)CC1. The van der Waals surface area contributed by atoms with Crippen LogP contribution in [0.2, 0.25) is 5.02 Å². The highest BCUT2D eigenvalue weighted by Gasteiger charge is 2.19. The molecule has 1 fully saturated rings. The lowest BCUT2D eigenvalue weighted by Gasteiger charge is -2.29. The predicted molar refractivity (Wildman–Crippen MR) is 62.9 cm³/mol. The Labute approximate surface area is 101 Å². The van der Waals surface area contributed by atoms with Gasteiger partial charge in [-0.3, -0.25) is 9.88 Å². The van der Waals surface area contributed by atoms with Crippen molar-refractivity contribution in [1.29, 1.82) is 5.26 Å². The van der Waals surface area contributed by atoms with Crippen molar-refractivity contribution in [2.24, 2.45) is 5.92 Å². The number of hydrogen-bond donors (Lipinski definition) is 0. The van der Waals surface area contributed by atoms with Crippen LogP contribution in [-0.4, -0.2) is 23.0 Å². The van der Waals surface area contributed by atoms with E-state index in [1.807, 2.05) is 6.07 Å². The summed E-state index contributed by atoms with van der Waals surface area (Å²) in [6.07, 6.45) is 5.39. The summed E-state index contributed by atoms with van der Waals surface area (Å²) in [6, 6.07) is 4.29. The van der Waals surface area contributed by atoms with Crippen LogP contribution in [0.4, 0.5) is 0 Å². The van der Waals surface area contributed by atoms with Gasteiger partial charge in [-0.1, -0.05) is 11.6 Å². The Morgan fingerprint density at radius 3 is 2.88 bits per heavy atom. The molecule has 0 atom stereocenters. The highest BCUT2D eigenvalue weighted by molar-refractivity contribution is 6.31. The van der Waals surface area contributed by atoms with E-state index in [4.69, 9.17) is 16.9 Å². The zero-order chi connectivity index (χ0) is 11.4. The Morgan fingerprint density at radius 2 is 2.25 bits per heavy atom. The minimum Gasteiger partial charge on any atom is -0.299 e. The van der Waals surface area contributed by atoms with Gasteiger partial charge in [0.25, 0.3) is 0 Å². The maximum absolute atomic E-state index is 8.81. The van der Waals surface area contributed by atoms with Crippen LogP contribution in [0.5, 0.6) is 0 Å². The lowest BCUT2D eigenvalue weighted by atomic mass is 9.98. The molecule has 0 aliphatic carbocycles. The lowest BCUT2D eigenvalue weighted by molar-refractivity contribution is 0.198. The second kappa shape index (κ2) is 5.29. The summed E-state index contributed by atoms with van der Waals surface area (Å²) < 4.78 is 0. The van der Waals surface area contributed by atoms with Crippen LogP contribution in [0.1, 0.15) is 18.4 Å². The van der Waals surface area contributed by atoms with Crippen LogP contribution in [0.3, 0.4) is 0 Å². The van der Waals surface area contributed by atoms with E-state index < -0.39 is 0 Å². The summed E-state index contributed by atoms with van der Waals surface area (Å²) in [5, 5.41) is 9.54. The summed E-state index contributed by atoms with van der Waals surface area (Å²) in [4.78, 5) is 6.31. The van der Waals surface area contributed by atoms with Gasteiger partial charge in [0, 0.05) is 24.9 Å². The summed E-state index contributed by atoms with van der Waals surface area (Å²) in [7, 11) is 0. The summed E-state index contributed by atoms with van der Waals surface area (Å²) >= 11 is 6.06. The molecule has 2 rings (SSSR count). The molecule has 0 radical (unpaired) electrons. The third-order valence-corrected chi connectivity index (χ3v) is 3.36. The molecule has 0 saturated carbocycles. The Hall–Kier alpha value is -1.11. The van der Waals surface area contributed by atoms with Crippen molar-refractivity contribution >= 4 is 11.6 Å². The van der Waals surface area contributed by atoms with E-state index in [9.17, 15) is 0 Å². The number of piperidine rings is 1. The van der Waals surface area contributed by atoms with Crippen LogP contribution >= 0.6 is 11.6 Å². The molecule has 4 heteroatoms. The Bertz CT molecular complexity index is 391. The van der Waals surface area contributed by atoms with Crippen LogP contribution < -0.4 is 0 Å². The molecule has 1 aliphatic rings. The molecule has 1 saturated heterocycles. The number of rotatable bonds is 2. The van der Waals surface area contributed by atoms with Gasteiger partial charge in [0.15, 0.2) is 0 Å². The van der Waals surface area contributed by atoms with Crippen molar-refractivity contribution < 1.29 is 0 Å². The predicted octanol–water partition coefficient (Wildman–Crippen LogP) is 2.47. The number of aromatic nitrogens is 1. The Balaban J connectivity index is 1.93. The molecular formula is C12H14ClN3. The molecule has 1 aromatic heterocycles. The average molecular weight is 236 g/mol. The number of hydrogen-bond acceptors (Lipinski definition) is 3. The zero-order valence-corrected chi connectivity index (χ0v) is 9.82. The molecule has 16 heavy (non-hydrogen) atoms. The number of halogens is 1. The number of pyridine rings is 1. The van der Waals surface area contributed by atoms with Gasteiger partial charge in [0.2, 0.25) is 0 Å². The fraction of sp³-hybridized carbons (Fsp3) is 0.500. The molecule has 84 valence electrons. The largest absolute Gasteiger partial charge is 0.299 e. The summed E-state index contributed by atoms with van der Waals surface area (Å²) in [5.74, 6) is 0.240. The van der Waals surface area contributed by atoms with Gasteiger partial charge in [-0.2, -0.15) is 5.26 Å².